The summed E-state index contributed by atoms with van der Waals surface area (Å²) in [6.07, 6.45) is 4.58. The molecule has 3 rings (SSSR count). The standard InChI is InChI=1S/C21H26N4O2/c1-3-25(19-8-6-16(2)7-9-19)23-20(26)17-10-13-24(14-11-17)21(27)18-5-4-12-22-15-18/h4-9,12,15,17H,3,10-11,13-14H2,1-2H3,(H,23,26). The van der Waals surface area contributed by atoms with E-state index >= 15 is 0 Å². The molecule has 6 heteroatoms. The summed E-state index contributed by atoms with van der Waals surface area (Å²) in [7, 11) is 0. The van der Waals surface area contributed by atoms with Gasteiger partial charge in [0.15, 0.2) is 0 Å². The molecular formula is C21H26N4O2. The van der Waals surface area contributed by atoms with E-state index in [2.05, 4.69) is 10.4 Å². The summed E-state index contributed by atoms with van der Waals surface area (Å²) in [5.41, 5.74) is 5.78. The lowest BCUT2D eigenvalue weighted by molar-refractivity contribution is -0.126. The number of amides is 2. The van der Waals surface area contributed by atoms with Crippen molar-refractivity contribution in [2.75, 3.05) is 24.6 Å². The van der Waals surface area contributed by atoms with E-state index in [0.29, 0.717) is 38.0 Å². The van der Waals surface area contributed by atoms with Gasteiger partial charge in [-0.1, -0.05) is 17.7 Å². The number of hydrazine groups is 1. The number of aryl methyl sites for hydroxylation is 1. The number of hydrogen-bond acceptors (Lipinski definition) is 4. The zero-order valence-corrected chi connectivity index (χ0v) is 15.9. The Morgan fingerprint density at radius 2 is 1.89 bits per heavy atom. The van der Waals surface area contributed by atoms with Crippen molar-refractivity contribution in [1.29, 1.82) is 0 Å². The minimum absolute atomic E-state index is 0.0169. The number of rotatable bonds is 5. The highest BCUT2D eigenvalue weighted by atomic mass is 16.2. The second-order valence-corrected chi connectivity index (χ2v) is 6.86. The average Bonchev–Trinajstić information content (AvgIpc) is 2.73. The number of nitrogens with zero attached hydrogens (tertiary/aromatic N) is 3. The Morgan fingerprint density at radius 1 is 1.19 bits per heavy atom. The molecule has 1 saturated heterocycles. The van der Waals surface area contributed by atoms with E-state index in [0.717, 1.165) is 5.69 Å². The Hall–Kier alpha value is -2.89. The largest absolute Gasteiger partial charge is 0.339 e. The van der Waals surface area contributed by atoms with Crippen LogP contribution in [0.5, 0.6) is 0 Å². The fourth-order valence-corrected chi connectivity index (χ4v) is 3.29. The van der Waals surface area contributed by atoms with Gasteiger partial charge >= 0.3 is 0 Å². The maximum atomic E-state index is 12.7. The molecule has 1 N–H and O–H groups in total. The SMILES string of the molecule is CCN(NC(=O)C1CCN(C(=O)c2cccnc2)CC1)c1ccc(C)cc1. The molecule has 2 aromatic rings. The van der Waals surface area contributed by atoms with Gasteiger partial charge in [-0.15, -0.1) is 0 Å². The highest BCUT2D eigenvalue weighted by molar-refractivity contribution is 5.94. The van der Waals surface area contributed by atoms with Crippen LogP contribution in [0.1, 0.15) is 35.7 Å². The lowest BCUT2D eigenvalue weighted by Gasteiger charge is -2.33. The van der Waals surface area contributed by atoms with Gasteiger partial charge in [0, 0.05) is 37.9 Å². The number of aromatic nitrogens is 1. The van der Waals surface area contributed by atoms with Crippen LogP contribution in [-0.2, 0) is 4.79 Å². The minimum Gasteiger partial charge on any atom is -0.339 e. The van der Waals surface area contributed by atoms with Gasteiger partial charge in [0.1, 0.15) is 0 Å². The van der Waals surface area contributed by atoms with Gasteiger partial charge in [0.05, 0.1) is 11.3 Å². The highest BCUT2D eigenvalue weighted by Crippen LogP contribution is 2.20. The summed E-state index contributed by atoms with van der Waals surface area (Å²) in [6.45, 7) is 5.91. The number of nitrogens with one attached hydrogen (secondary N) is 1. The fraction of sp³-hybridized carbons (Fsp3) is 0.381. The predicted octanol–water partition coefficient (Wildman–Crippen LogP) is 2.80. The molecule has 0 aliphatic carbocycles. The first-order valence-corrected chi connectivity index (χ1v) is 9.42. The van der Waals surface area contributed by atoms with Crippen LogP contribution in [0, 0.1) is 12.8 Å². The lowest BCUT2D eigenvalue weighted by atomic mass is 9.95. The molecule has 0 bridgehead atoms. The van der Waals surface area contributed by atoms with Gasteiger partial charge in [0.25, 0.3) is 5.91 Å². The van der Waals surface area contributed by atoms with E-state index in [4.69, 9.17) is 0 Å². The molecule has 142 valence electrons. The van der Waals surface area contributed by atoms with Crippen molar-refractivity contribution in [1.82, 2.24) is 15.3 Å². The third-order valence-corrected chi connectivity index (χ3v) is 4.97. The quantitative estimate of drug-likeness (QED) is 0.827. The summed E-state index contributed by atoms with van der Waals surface area (Å²) in [5, 5.41) is 1.87. The smallest absolute Gasteiger partial charge is 0.255 e. The van der Waals surface area contributed by atoms with Crippen LogP contribution in [0.4, 0.5) is 5.69 Å². The number of pyridine rings is 1. The molecule has 1 aromatic heterocycles. The Labute approximate surface area is 160 Å². The van der Waals surface area contributed by atoms with Crippen LogP contribution < -0.4 is 10.4 Å². The number of carbonyl (C=O) groups is 2. The Kier molecular flexibility index (Phi) is 6.06. The van der Waals surface area contributed by atoms with Crippen LogP contribution in [0.25, 0.3) is 0 Å². The van der Waals surface area contributed by atoms with Crippen molar-refractivity contribution in [3.63, 3.8) is 0 Å². The van der Waals surface area contributed by atoms with Gasteiger partial charge in [-0.25, -0.2) is 0 Å². The maximum Gasteiger partial charge on any atom is 0.255 e. The average molecular weight is 366 g/mol. The Balaban J connectivity index is 1.55. The number of benzene rings is 1. The summed E-state index contributed by atoms with van der Waals surface area (Å²) in [5.74, 6) is -0.0786. The first-order chi connectivity index (χ1) is 13.1. The molecule has 0 atom stereocenters. The number of likely N-dealkylation sites (tertiary alicyclic amines) is 1. The molecule has 1 aliphatic rings. The number of carbonyl (C=O) groups excluding carboxylic acids is 2. The molecule has 6 nitrogen and oxygen atoms in total. The van der Waals surface area contributed by atoms with Crippen molar-refractivity contribution >= 4 is 17.5 Å². The van der Waals surface area contributed by atoms with Gasteiger partial charge < -0.3 is 4.90 Å². The zero-order chi connectivity index (χ0) is 19.2. The zero-order valence-electron chi connectivity index (χ0n) is 15.9. The topological polar surface area (TPSA) is 65.5 Å². The minimum atomic E-state index is -0.0811. The third-order valence-electron chi connectivity index (χ3n) is 4.97. The molecule has 1 aliphatic heterocycles. The second-order valence-electron chi connectivity index (χ2n) is 6.86. The molecule has 0 spiro atoms. The Morgan fingerprint density at radius 3 is 2.48 bits per heavy atom. The van der Waals surface area contributed by atoms with E-state index < -0.39 is 0 Å². The molecule has 1 aromatic carbocycles. The van der Waals surface area contributed by atoms with E-state index in [-0.39, 0.29) is 17.7 Å². The van der Waals surface area contributed by atoms with Gasteiger partial charge in [0.2, 0.25) is 5.91 Å². The van der Waals surface area contributed by atoms with Gasteiger partial charge in [-0.2, -0.15) is 0 Å². The summed E-state index contributed by atoms with van der Waals surface area (Å²) in [6, 6.07) is 11.6. The van der Waals surface area contributed by atoms with Crippen LogP contribution in [0.3, 0.4) is 0 Å². The maximum absolute atomic E-state index is 12.7. The van der Waals surface area contributed by atoms with Crippen molar-refractivity contribution < 1.29 is 9.59 Å². The van der Waals surface area contributed by atoms with Crippen LogP contribution >= 0.6 is 0 Å². The molecule has 0 saturated carbocycles. The van der Waals surface area contributed by atoms with Crippen molar-refractivity contribution in [3.05, 3.63) is 59.9 Å². The lowest BCUT2D eigenvalue weighted by Crippen LogP contribution is -2.48. The molecular weight excluding hydrogens is 340 g/mol. The normalized spacial score (nSPS) is 14.7. The van der Waals surface area contributed by atoms with Crippen LogP contribution in [0.2, 0.25) is 0 Å². The molecule has 2 heterocycles. The first-order valence-electron chi connectivity index (χ1n) is 9.42. The van der Waals surface area contributed by atoms with Crippen molar-refractivity contribution in [2.45, 2.75) is 26.7 Å². The third kappa shape index (κ3) is 4.64. The molecule has 0 radical (unpaired) electrons. The Bertz CT molecular complexity index is 769. The van der Waals surface area contributed by atoms with E-state index in [1.165, 1.54) is 5.56 Å². The predicted molar refractivity (Wildman–Crippen MR) is 105 cm³/mol. The molecule has 2 amide bonds. The van der Waals surface area contributed by atoms with E-state index in [1.807, 2.05) is 43.1 Å². The number of piperidine rings is 1. The number of hydrogen-bond donors (Lipinski definition) is 1. The van der Waals surface area contributed by atoms with Crippen LogP contribution in [0.15, 0.2) is 48.8 Å². The van der Waals surface area contributed by atoms with Gasteiger partial charge in [-0.3, -0.25) is 25.0 Å². The number of anilines is 1. The first kappa shape index (κ1) is 18.9. The molecule has 27 heavy (non-hydrogen) atoms. The summed E-state index contributed by atoms with van der Waals surface area (Å²) < 4.78 is 0. The van der Waals surface area contributed by atoms with Gasteiger partial charge in [-0.05, 0) is 51.0 Å². The summed E-state index contributed by atoms with van der Waals surface area (Å²) >= 11 is 0. The van der Waals surface area contributed by atoms with Crippen LogP contribution in [-0.4, -0.2) is 41.3 Å². The highest BCUT2D eigenvalue weighted by Gasteiger charge is 2.28. The summed E-state index contributed by atoms with van der Waals surface area (Å²) in [4.78, 5) is 31.0. The van der Waals surface area contributed by atoms with E-state index in [1.54, 1.807) is 29.4 Å². The molecule has 0 unspecified atom stereocenters. The second kappa shape index (κ2) is 8.66. The monoisotopic (exact) mass is 366 g/mol. The fourth-order valence-electron chi connectivity index (χ4n) is 3.29. The van der Waals surface area contributed by atoms with E-state index in [9.17, 15) is 9.59 Å². The van der Waals surface area contributed by atoms with Crippen molar-refractivity contribution in [3.8, 4) is 0 Å². The van der Waals surface area contributed by atoms with Crippen molar-refractivity contribution in [2.24, 2.45) is 5.92 Å². The molecule has 1 fully saturated rings.